The Balaban J connectivity index is 1.95. The molecule has 3 rings (SSSR count). The van der Waals surface area contributed by atoms with Crippen LogP contribution in [0.2, 0.25) is 0 Å². The van der Waals surface area contributed by atoms with E-state index < -0.39 is 0 Å². The van der Waals surface area contributed by atoms with Crippen molar-refractivity contribution >= 4 is 45.2 Å². The van der Waals surface area contributed by atoms with E-state index in [4.69, 9.17) is 9.47 Å². The summed E-state index contributed by atoms with van der Waals surface area (Å²) < 4.78 is 13.3. The van der Waals surface area contributed by atoms with Gasteiger partial charge in [-0.1, -0.05) is 23.5 Å². The second-order valence-corrected chi connectivity index (χ2v) is 8.26. The first-order valence-electron chi connectivity index (χ1n) is 9.66. The number of rotatable bonds is 8. The molecule has 0 saturated heterocycles. The molecule has 8 heteroatoms. The number of thioether (sulfide) groups is 1. The summed E-state index contributed by atoms with van der Waals surface area (Å²) in [6, 6.07) is 13.5. The Morgan fingerprint density at radius 1 is 1.10 bits per heavy atom. The van der Waals surface area contributed by atoms with E-state index in [1.165, 1.54) is 11.3 Å². The molecule has 2 aromatic carbocycles. The van der Waals surface area contributed by atoms with Crippen molar-refractivity contribution in [2.75, 3.05) is 19.5 Å². The Kier molecular flexibility index (Phi) is 7.70. The molecule has 1 amide bonds. The van der Waals surface area contributed by atoms with E-state index in [1.54, 1.807) is 23.3 Å². The molecule has 1 aromatic heterocycles. The van der Waals surface area contributed by atoms with Gasteiger partial charge >= 0.3 is 5.97 Å². The number of nitrogens with zero attached hydrogens (tertiary/aromatic N) is 2. The molecule has 6 nitrogen and oxygen atoms in total. The Hall–Kier alpha value is -2.58. The topological polar surface area (TPSA) is 69.9 Å². The summed E-state index contributed by atoms with van der Waals surface area (Å²) in [5.74, 6) is 0.107. The van der Waals surface area contributed by atoms with Crippen LogP contribution in [0.25, 0.3) is 10.2 Å². The van der Waals surface area contributed by atoms with Gasteiger partial charge in [0.25, 0.3) is 5.91 Å². The zero-order chi connectivity index (χ0) is 21.5. The maximum absolute atomic E-state index is 12.6. The third kappa shape index (κ3) is 5.52. The third-order valence-corrected chi connectivity index (χ3v) is 6.08. The molecule has 0 aliphatic carbocycles. The number of aromatic nitrogens is 1. The number of hydrogen-bond donors (Lipinski definition) is 0. The molecule has 0 spiro atoms. The summed E-state index contributed by atoms with van der Waals surface area (Å²) >= 11 is 3.01. The minimum atomic E-state index is -0.368. The molecule has 0 aliphatic rings. The lowest BCUT2D eigenvalue weighted by molar-refractivity contribution is -0.143. The van der Waals surface area contributed by atoms with Crippen molar-refractivity contribution in [2.24, 2.45) is 4.99 Å². The van der Waals surface area contributed by atoms with Crippen LogP contribution in [0.3, 0.4) is 0 Å². The highest BCUT2D eigenvalue weighted by Crippen LogP contribution is 2.23. The van der Waals surface area contributed by atoms with Gasteiger partial charge in [0.15, 0.2) is 4.80 Å². The SMILES string of the molecule is CCOC(=O)Cn1c(=NC(=O)Cc2ccc(SC)cc2)sc2cc(OCC)ccc21. The van der Waals surface area contributed by atoms with Crippen molar-refractivity contribution in [3.05, 3.63) is 52.8 Å². The lowest BCUT2D eigenvalue weighted by Crippen LogP contribution is -2.23. The number of carbonyl (C=O) groups excluding carboxylic acids is 2. The Morgan fingerprint density at radius 2 is 1.87 bits per heavy atom. The third-order valence-electron chi connectivity index (χ3n) is 4.29. The molecular weight excluding hydrogens is 420 g/mol. The first-order chi connectivity index (χ1) is 14.5. The van der Waals surface area contributed by atoms with Crippen molar-refractivity contribution in [1.29, 1.82) is 0 Å². The van der Waals surface area contributed by atoms with Gasteiger partial charge in [-0.05, 0) is 56.0 Å². The fourth-order valence-corrected chi connectivity index (χ4v) is 4.43. The summed E-state index contributed by atoms with van der Waals surface area (Å²) in [5, 5.41) is 0. The van der Waals surface area contributed by atoms with E-state index in [0.717, 1.165) is 26.4 Å². The highest BCUT2D eigenvalue weighted by Gasteiger charge is 2.13. The number of hydrogen-bond acceptors (Lipinski definition) is 6. The van der Waals surface area contributed by atoms with Gasteiger partial charge < -0.3 is 14.0 Å². The van der Waals surface area contributed by atoms with Gasteiger partial charge in [0.2, 0.25) is 0 Å². The number of amides is 1. The maximum atomic E-state index is 12.6. The minimum absolute atomic E-state index is 0.00362. The van der Waals surface area contributed by atoms with Gasteiger partial charge in [0.05, 0.1) is 29.9 Å². The molecule has 30 heavy (non-hydrogen) atoms. The zero-order valence-corrected chi connectivity index (χ0v) is 18.8. The molecule has 158 valence electrons. The Morgan fingerprint density at radius 3 is 2.53 bits per heavy atom. The van der Waals surface area contributed by atoms with Crippen LogP contribution in [-0.4, -0.2) is 35.9 Å². The molecule has 0 radical (unpaired) electrons. The molecule has 1 heterocycles. The van der Waals surface area contributed by atoms with E-state index >= 15 is 0 Å². The summed E-state index contributed by atoms with van der Waals surface area (Å²) in [6.07, 6.45) is 2.21. The zero-order valence-electron chi connectivity index (χ0n) is 17.2. The van der Waals surface area contributed by atoms with Gasteiger partial charge in [-0.3, -0.25) is 9.59 Å². The predicted molar refractivity (Wildman–Crippen MR) is 120 cm³/mol. The van der Waals surface area contributed by atoms with Crippen LogP contribution in [0.15, 0.2) is 52.4 Å². The number of thiazole rings is 1. The number of esters is 1. The van der Waals surface area contributed by atoms with Crippen LogP contribution in [0, 0.1) is 0 Å². The lowest BCUT2D eigenvalue weighted by Gasteiger charge is -2.06. The smallest absolute Gasteiger partial charge is 0.326 e. The lowest BCUT2D eigenvalue weighted by atomic mass is 10.1. The molecule has 0 fully saturated rings. The van der Waals surface area contributed by atoms with Crippen LogP contribution in [-0.2, 0) is 27.3 Å². The van der Waals surface area contributed by atoms with Crippen LogP contribution >= 0.6 is 23.1 Å². The van der Waals surface area contributed by atoms with Crippen molar-refractivity contribution in [1.82, 2.24) is 4.57 Å². The van der Waals surface area contributed by atoms with Crippen molar-refractivity contribution < 1.29 is 19.1 Å². The van der Waals surface area contributed by atoms with Crippen LogP contribution in [0.4, 0.5) is 0 Å². The molecule has 3 aromatic rings. The molecule has 0 saturated carbocycles. The van der Waals surface area contributed by atoms with Crippen LogP contribution < -0.4 is 9.54 Å². The average molecular weight is 445 g/mol. The second-order valence-electron chi connectivity index (χ2n) is 6.37. The minimum Gasteiger partial charge on any atom is -0.494 e. The summed E-state index contributed by atoms with van der Waals surface area (Å²) in [6.45, 7) is 4.54. The molecular formula is C22H24N2O4S2. The quantitative estimate of drug-likeness (QED) is 0.387. The largest absolute Gasteiger partial charge is 0.494 e. The summed E-state index contributed by atoms with van der Waals surface area (Å²) in [4.78, 5) is 30.7. The number of ether oxygens (including phenoxy) is 2. The predicted octanol–water partition coefficient (Wildman–Crippen LogP) is 4.06. The van der Waals surface area contributed by atoms with Gasteiger partial charge in [-0.25, -0.2) is 0 Å². The van der Waals surface area contributed by atoms with Crippen LogP contribution in [0.5, 0.6) is 5.75 Å². The summed E-state index contributed by atoms with van der Waals surface area (Å²) in [5.41, 5.74) is 1.71. The van der Waals surface area contributed by atoms with Gasteiger partial charge in [0, 0.05) is 4.90 Å². The molecule has 0 bridgehead atoms. The van der Waals surface area contributed by atoms with Crippen LogP contribution in [0.1, 0.15) is 19.4 Å². The van der Waals surface area contributed by atoms with E-state index in [9.17, 15) is 9.59 Å². The highest BCUT2D eigenvalue weighted by molar-refractivity contribution is 7.98. The van der Waals surface area contributed by atoms with Gasteiger partial charge in [-0.15, -0.1) is 11.8 Å². The first-order valence-corrected chi connectivity index (χ1v) is 11.7. The normalized spacial score (nSPS) is 11.6. The van der Waals surface area contributed by atoms with Crippen molar-refractivity contribution in [3.63, 3.8) is 0 Å². The maximum Gasteiger partial charge on any atom is 0.326 e. The monoisotopic (exact) mass is 444 g/mol. The van der Waals surface area contributed by atoms with E-state index in [-0.39, 0.29) is 24.8 Å². The van der Waals surface area contributed by atoms with E-state index in [0.29, 0.717) is 18.0 Å². The van der Waals surface area contributed by atoms with E-state index in [1.807, 2.05) is 55.6 Å². The number of fused-ring (bicyclic) bond motifs is 1. The van der Waals surface area contributed by atoms with Crippen molar-refractivity contribution in [2.45, 2.75) is 31.7 Å². The summed E-state index contributed by atoms with van der Waals surface area (Å²) in [7, 11) is 0. The molecule has 0 aliphatic heterocycles. The Bertz CT molecular complexity index is 1100. The average Bonchev–Trinajstić information content (AvgIpc) is 3.05. The second kappa shape index (κ2) is 10.4. The van der Waals surface area contributed by atoms with Crippen molar-refractivity contribution in [3.8, 4) is 5.75 Å². The Labute approximate surface area is 183 Å². The van der Waals surface area contributed by atoms with E-state index in [2.05, 4.69) is 4.99 Å². The number of carbonyl (C=O) groups is 2. The molecule has 0 atom stereocenters. The standard InChI is InChI=1S/C22H24N2O4S2/c1-4-27-16-8-11-18-19(13-16)30-22(24(18)14-21(26)28-5-2)23-20(25)12-15-6-9-17(29-3)10-7-15/h6-11,13H,4-5,12,14H2,1-3H3. The highest BCUT2D eigenvalue weighted by atomic mass is 32.2. The van der Waals surface area contributed by atoms with Gasteiger partial charge in [-0.2, -0.15) is 4.99 Å². The number of benzene rings is 2. The molecule has 0 unspecified atom stereocenters. The molecule has 0 N–H and O–H groups in total. The first kappa shape index (κ1) is 22.1. The van der Waals surface area contributed by atoms with Gasteiger partial charge in [0.1, 0.15) is 12.3 Å². The fourth-order valence-electron chi connectivity index (χ4n) is 2.95. The fraction of sp³-hybridized carbons (Fsp3) is 0.318.